The van der Waals surface area contributed by atoms with E-state index >= 15 is 0 Å². The van der Waals surface area contributed by atoms with E-state index in [-0.39, 0.29) is 0 Å². The molecule has 0 aliphatic rings. The summed E-state index contributed by atoms with van der Waals surface area (Å²) < 4.78 is 47.3. The Morgan fingerprint density at radius 1 is 1.09 bits per heavy atom. The molecule has 0 saturated carbocycles. The van der Waals surface area contributed by atoms with Gasteiger partial charge in [-0.3, -0.25) is 14.4 Å². The van der Waals surface area contributed by atoms with Crippen LogP contribution in [0.3, 0.4) is 0 Å². The molecule has 1 aromatic rings. The smallest absolute Gasteiger partial charge is 0.417 e. The topological polar surface area (TPSA) is 81.7 Å². The van der Waals surface area contributed by atoms with E-state index in [9.17, 15) is 27.6 Å². The van der Waals surface area contributed by atoms with Gasteiger partial charge < -0.3 is 14.8 Å². The van der Waals surface area contributed by atoms with Gasteiger partial charge in [0.2, 0.25) is 0 Å². The Morgan fingerprint density at radius 3 is 2.09 bits per heavy atom. The third-order valence-corrected chi connectivity index (χ3v) is 2.92. The molecular formula is C14H14F3NO5. The minimum atomic E-state index is -4.71. The molecule has 1 N–H and O–H groups in total. The van der Waals surface area contributed by atoms with Crippen LogP contribution in [-0.2, 0) is 25.2 Å². The van der Waals surface area contributed by atoms with Crippen LogP contribution in [0.4, 0.5) is 13.2 Å². The molecule has 0 radical (unpaired) electrons. The van der Waals surface area contributed by atoms with E-state index in [2.05, 4.69) is 14.8 Å². The van der Waals surface area contributed by atoms with Crippen molar-refractivity contribution < 1.29 is 37.0 Å². The number of methoxy groups -OCH3 is 2. The summed E-state index contributed by atoms with van der Waals surface area (Å²) in [5, 5.41) is 2.10. The van der Waals surface area contributed by atoms with Crippen LogP contribution in [0.15, 0.2) is 24.3 Å². The highest BCUT2D eigenvalue weighted by atomic mass is 19.4. The van der Waals surface area contributed by atoms with E-state index in [0.717, 1.165) is 32.4 Å². The maximum absolute atomic E-state index is 12.8. The first-order valence-electron chi connectivity index (χ1n) is 6.32. The van der Waals surface area contributed by atoms with Crippen LogP contribution in [-0.4, -0.2) is 38.6 Å². The van der Waals surface area contributed by atoms with Crippen molar-refractivity contribution in [2.75, 3.05) is 20.8 Å². The Bertz CT molecular complexity index is 584. The van der Waals surface area contributed by atoms with Crippen molar-refractivity contribution in [2.45, 2.75) is 6.18 Å². The summed E-state index contributed by atoms with van der Waals surface area (Å²) in [7, 11) is 2.05. The minimum Gasteiger partial charge on any atom is -0.468 e. The number of halogens is 3. The molecule has 1 amide bonds. The number of hydrogen-bond donors (Lipinski definition) is 1. The summed E-state index contributed by atoms with van der Waals surface area (Å²) in [5.74, 6) is -4.48. The van der Waals surface area contributed by atoms with Crippen molar-refractivity contribution in [3.05, 3.63) is 35.4 Å². The molecule has 0 heterocycles. The van der Waals surface area contributed by atoms with Crippen molar-refractivity contribution >= 4 is 17.8 Å². The number of ether oxygens (including phenoxy) is 2. The minimum absolute atomic E-state index is 0.551. The number of benzene rings is 1. The van der Waals surface area contributed by atoms with Crippen LogP contribution in [0.5, 0.6) is 0 Å². The Labute approximate surface area is 129 Å². The molecule has 1 rings (SSSR count). The van der Waals surface area contributed by atoms with Gasteiger partial charge >= 0.3 is 18.1 Å². The second-order valence-corrected chi connectivity index (χ2v) is 4.35. The second kappa shape index (κ2) is 7.61. The first kappa shape index (κ1) is 18.5. The van der Waals surface area contributed by atoms with Crippen molar-refractivity contribution in [1.29, 1.82) is 0 Å². The number of nitrogens with one attached hydrogen (secondary N) is 1. The molecule has 9 heteroatoms. The van der Waals surface area contributed by atoms with Crippen molar-refractivity contribution in [2.24, 2.45) is 5.92 Å². The van der Waals surface area contributed by atoms with Gasteiger partial charge in [-0.15, -0.1) is 0 Å². The Kier molecular flexibility index (Phi) is 6.11. The highest BCUT2D eigenvalue weighted by Crippen LogP contribution is 2.31. The Balaban J connectivity index is 2.92. The lowest BCUT2D eigenvalue weighted by molar-refractivity contribution is -0.158. The zero-order valence-electron chi connectivity index (χ0n) is 12.3. The maximum Gasteiger partial charge on any atom is 0.417 e. The molecule has 0 aliphatic heterocycles. The first-order chi connectivity index (χ1) is 10.7. The number of rotatable bonds is 5. The van der Waals surface area contributed by atoms with E-state index in [1.807, 2.05) is 0 Å². The number of carbonyl (C=O) groups is 3. The Hall–Kier alpha value is -2.58. The van der Waals surface area contributed by atoms with Gasteiger partial charge in [-0.1, -0.05) is 12.1 Å². The van der Waals surface area contributed by atoms with Crippen LogP contribution in [0, 0.1) is 5.92 Å². The molecule has 1 aromatic carbocycles. The lowest BCUT2D eigenvalue weighted by Gasteiger charge is -2.15. The van der Waals surface area contributed by atoms with Gasteiger partial charge in [0.15, 0.2) is 5.92 Å². The highest BCUT2D eigenvalue weighted by Gasteiger charge is 2.35. The molecule has 126 valence electrons. The summed E-state index contributed by atoms with van der Waals surface area (Å²) in [4.78, 5) is 34.8. The third kappa shape index (κ3) is 4.70. The molecule has 0 saturated heterocycles. The molecule has 6 nitrogen and oxygen atoms in total. The van der Waals surface area contributed by atoms with Crippen LogP contribution < -0.4 is 5.32 Å². The summed E-state index contributed by atoms with van der Waals surface area (Å²) >= 11 is 0. The number of carbonyl (C=O) groups excluding carboxylic acids is 3. The normalized spacial score (nSPS) is 11.0. The van der Waals surface area contributed by atoms with Gasteiger partial charge in [0.1, 0.15) is 0 Å². The first-order valence-corrected chi connectivity index (χ1v) is 6.32. The van der Waals surface area contributed by atoms with Crippen LogP contribution >= 0.6 is 0 Å². The predicted molar refractivity (Wildman–Crippen MR) is 71.3 cm³/mol. The fourth-order valence-corrected chi connectivity index (χ4v) is 1.77. The average molecular weight is 333 g/mol. The number of hydrogen-bond acceptors (Lipinski definition) is 5. The van der Waals surface area contributed by atoms with Crippen LogP contribution in [0.25, 0.3) is 0 Å². The van der Waals surface area contributed by atoms with Gasteiger partial charge in [0.05, 0.1) is 25.3 Å². The zero-order valence-corrected chi connectivity index (χ0v) is 12.3. The fourth-order valence-electron chi connectivity index (χ4n) is 1.77. The summed E-state index contributed by atoms with van der Waals surface area (Å²) in [6, 6.07) is 4.16. The monoisotopic (exact) mass is 333 g/mol. The predicted octanol–water partition coefficient (Wildman–Crippen LogP) is 1.40. The van der Waals surface area contributed by atoms with Gasteiger partial charge in [0, 0.05) is 6.54 Å². The van der Waals surface area contributed by atoms with E-state index in [1.165, 1.54) is 6.07 Å². The van der Waals surface area contributed by atoms with Crippen molar-refractivity contribution in [3.8, 4) is 0 Å². The molecule has 0 atom stereocenters. The molecule has 0 spiro atoms. The van der Waals surface area contributed by atoms with E-state index in [0.29, 0.717) is 0 Å². The fraction of sp³-hybridized carbons (Fsp3) is 0.357. The summed E-state index contributed by atoms with van der Waals surface area (Å²) in [6.07, 6.45) is -4.71. The highest BCUT2D eigenvalue weighted by molar-refractivity contribution is 5.98. The van der Waals surface area contributed by atoms with E-state index in [4.69, 9.17) is 0 Å². The zero-order chi connectivity index (χ0) is 17.6. The SMILES string of the molecule is COC(=O)C(CNC(=O)c1ccccc1C(F)(F)F)C(=O)OC. The lowest BCUT2D eigenvalue weighted by atomic mass is 10.1. The summed E-state index contributed by atoms with van der Waals surface area (Å²) in [6.45, 7) is -0.551. The van der Waals surface area contributed by atoms with Gasteiger partial charge in [0.25, 0.3) is 5.91 Å². The average Bonchev–Trinajstić information content (AvgIpc) is 2.53. The van der Waals surface area contributed by atoms with Gasteiger partial charge in [-0.2, -0.15) is 13.2 Å². The van der Waals surface area contributed by atoms with Gasteiger partial charge in [-0.05, 0) is 12.1 Å². The van der Waals surface area contributed by atoms with Crippen LogP contribution in [0.1, 0.15) is 15.9 Å². The Morgan fingerprint density at radius 2 is 1.61 bits per heavy atom. The standard InChI is InChI=1S/C14H14F3NO5/c1-22-12(20)9(13(21)23-2)7-18-11(19)8-5-3-4-6-10(8)14(15,16)17/h3-6,9H,7H2,1-2H3,(H,18,19). The van der Waals surface area contributed by atoms with Crippen LogP contribution in [0.2, 0.25) is 0 Å². The molecular weight excluding hydrogens is 319 g/mol. The number of esters is 2. The second-order valence-electron chi connectivity index (χ2n) is 4.35. The van der Waals surface area contributed by atoms with E-state index < -0.39 is 47.6 Å². The molecule has 0 unspecified atom stereocenters. The van der Waals surface area contributed by atoms with Crippen molar-refractivity contribution in [3.63, 3.8) is 0 Å². The number of amides is 1. The number of alkyl halides is 3. The maximum atomic E-state index is 12.8. The molecule has 0 fully saturated rings. The van der Waals surface area contributed by atoms with Crippen molar-refractivity contribution in [1.82, 2.24) is 5.32 Å². The van der Waals surface area contributed by atoms with E-state index in [1.54, 1.807) is 0 Å². The molecule has 23 heavy (non-hydrogen) atoms. The molecule has 0 aromatic heterocycles. The summed E-state index contributed by atoms with van der Waals surface area (Å²) in [5.41, 5.74) is -1.74. The third-order valence-electron chi connectivity index (χ3n) is 2.92. The lowest BCUT2D eigenvalue weighted by Crippen LogP contribution is -2.39. The molecule has 0 aliphatic carbocycles. The molecule has 0 bridgehead atoms. The van der Waals surface area contributed by atoms with Gasteiger partial charge in [-0.25, -0.2) is 0 Å². The largest absolute Gasteiger partial charge is 0.468 e. The quantitative estimate of drug-likeness (QED) is 0.651.